The monoisotopic (exact) mass is 254 g/mol. The first-order chi connectivity index (χ1) is 7.90. The second-order valence-corrected chi connectivity index (χ2v) is 5.80. The highest BCUT2D eigenvalue weighted by atomic mass is 32.2. The maximum absolute atomic E-state index is 4.52. The summed E-state index contributed by atoms with van der Waals surface area (Å²) in [6.45, 7) is 2.25. The van der Waals surface area contributed by atoms with E-state index in [1.54, 1.807) is 11.3 Å². The Labute approximate surface area is 105 Å². The van der Waals surface area contributed by atoms with E-state index in [9.17, 15) is 0 Å². The van der Waals surface area contributed by atoms with Crippen molar-refractivity contribution in [1.82, 2.24) is 9.97 Å². The summed E-state index contributed by atoms with van der Waals surface area (Å²) in [5.74, 6) is 1.18. The van der Waals surface area contributed by atoms with Crippen LogP contribution in [0.3, 0.4) is 0 Å². The van der Waals surface area contributed by atoms with Gasteiger partial charge in [-0.2, -0.15) is 0 Å². The molecule has 0 saturated carbocycles. The van der Waals surface area contributed by atoms with Crippen LogP contribution in [0.5, 0.6) is 0 Å². The third kappa shape index (κ3) is 3.25. The third-order valence-electron chi connectivity index (χ3n) is 2.59. The van der Waals surface area contributed by atoms with E-state index in [4.69, 9.17) is 0 Å². The number of H-pyrrole nitrogens is 1. The number of thioether (sulfide) groups is 1. The molecular formula is C12H18N2S2. The normalized spacial score (nSPS) is 11.3. The molecule has 0 radical (unpaired) electrons. The quantitative estimate of drug-likeness (QED) is 0.573. The fourth-order valence-electron chi connectivity index (χ4n) is 1.67. The fourth-order valence-corrected chi connectivity index (χ4v) is 3.25. The first-order valence-corrected chi connectivity index (χ1v) is 7.87. The predicted molar refractivity (Wildman–Crippen MR) is 73.5 cm³/mol. The van der Waals surface area contributed by atoms with E-state index in [-0.39, 0.29) is 0 Å². The average Bonchev–Trinajstić information content (AvgIpc) is 2.83. The Morgan fingerprint density at radius 3 is 2.94 bits per heavy atom. The Morgan fingerprint density at radius 1 is 1.25 bits per heavy atom. The van der Waals surface area contributed by atoms with Crippen molar-refractivity contribution in [2.75, 3.05) is 5.75 Å². The number of nitrogens with one attached hydrogen (secondary N) is 1. The molecule has 2 heterocycles. The van der Waals surface area contributed by atoms with Crippen LogP contribution >= 0.6 is 23.1 Å². The summed E-state index contributed by atoms with van der Waals surface area (Å²) in [6, 6.07) is 0. The molecule has 0 atom stereocenters. The molecule has 2 aromatic rings. The van der Waals surface area contributed by atoms with Crippen molar-refractivity contribution in [1.29, 1.82) is 0 Å². The lowest BCUT2D eigenvalue weighted by atomic mass is 10.2. The molecule has 88 valence electrons. The van der Waals surface area contributed by atoms with E-state index in [2.05, 4.69) is 27.7 Å². The van der Waals surface area contributed by atoms with Gasteiger partial charge < -0.3 is 4.98 Å². The molecule has 0 aromatic carbocycles. The van der Waals surface area contributed by atoms with Crippen LogP contribution in [0.1, 0.15) is 39.0 Å². The summed E-state index contributed by atoms with van der Waals surface area (Å²) in [4.78, 5) is 7.86. The predicted octanol–water partition coefficient (Wildman–Crippen LogP) is 4.69. The lowest BCUT2D eigenvalue weighted by Gasteiger charge is -1.98. The molecule has 0 saturated heterocycles. The minimum absolute atomic E-state index is 1.08. The van der Waals surface area contributed by atoms with Crippen molar-refractivity contribution in [3.05, 3.63) is 10.8 Å². The topological polar surface area (TPSA) is 28.7 Å². The van der Waals surface area contributed by atoms with E-state index in [1.807, 2.05) is 11.8 Å². The number of imidazole rings is 1. The molecule has 0 aliphatic carbocycles. The minimum atomic E-state index is 1.08. The van der Waals surface area contributed by atoms with Crippen LogP contribution in [0.15, 0.2) is 15.9 Å². The zero-order chi connectivity index (χ0) is 11.2. The number of unbranched alkanes of at least 4 members (excludes halogenated alkanes) is 4. The zero-order valence-corrected chi connectivity index (χ0v) is 11.3. The van der Waals surface area contributed by atoms with E-state index < -0.39 is 0 Å². The number of nitrogens with zero attached hydrogens (tertiary/aromatic N) is 1. The highest BCUT2D eigenvalue weighted by Gasteiger charge is 2.03. The van der Waals surface area contributed by atoms with Crippen LogP contribution in [0, 0.1) is 0 Å². The van der Waals surface area contributed by atoms with Crippen LogP contribution in [-0.4, -0.2) is 15.7 Å². The van der Waals surface area contributed by atoms with Crippen molar-refractivity contribution < 1.29 is 0 Å². The standard InChI is InChI=1S/C12H18N2S2/c1-2-3-4-5-6-7-16-12-13-10-8-15-9-11(10)14-12/h8-9H,2-7H2,1H3,(H,13,14). The molecule has 4 heteroatoms. The van der Waals surface area contributed by atoms with Crippen molar-refractivity contribution in [3.8, 4) is 0 Å². The van der Waals surface area contributed by atoms with Gasteiger partial charge in [0.15, 0.2) is 5.16 Å². The smallest absolute Gasteiger partial charge is 0.166 e. The first-order valence-electron chi connectivity index (χ1n) is 5.95. The maximum Gasteiger partial charge on any atom is 0.166 e. The minimum Gasteiger partial charge on any atom is -0.332 e. The molecule has 0 aliphatic rings. The Bertz CT molecular complexity index is 391. The number of thiophene rings is 1. The number of aromatic amines is 1. The highest BCUT2D eigenvalue weighted by molar-refractivity contribution is 7.99. The molecule has 0 aliphatic heterocycles. The van der Waals surface area contributed by atoms with Crippen LogP contribution in [0.2, 0.25) is 0 Å². The van der Waals surface area contributed by atoms with Crippen molar-refractivity contribution >= 4 is 34.1 Å². The number of aromatic nitrogens is 2. The summed E-state index contributed by atoms with van der Waals surface area (Å²) in [5, 5.41) is 5.29. The van der Waals surface area contributed by atoms with Crippen LogP contribution in [-0.2, 0) is 0 Å². The van der Waals surface area contributed by atoms with Crippen molar-refractivity contribution in [2.24, 2.45) is 0 Å². The second-order valence-electron chi connectivity index (χ2n) is 3.98. The van der Waals surface area contributed by atoms with Gasteiger partial charge in [-0.1, -0.05) is 44.4 Å². The number of hydrogen-bond acceptors (Lipinski definition) is 3. The molecule has 2 aromatic heterocycles. The Kier molecular flexibility index (Phi) is 4.72. The average molecular weight is 254 g/mol. The lowest BCUT2D eigenvalue weighted by Crippen LogP contribution is -1.83. The van der Waals surface area contributed by atoms with Gasteiger partial charge in [-0.3, -0.25) is 0 Å². The summed E-state index contributed by atoms with van der Waals surface area (Å²) < 4.78 is 0. The first kappa shape index (κ1) is 12.0. The SMILES string of the molecule is CCCCCCCSc1nc2cscc2[nH]1. The molecule has 0 spiro atoms. The molecule has 0 fully saturated rings. The molecule has 16 heavy (non-hydrogen) atoms. The zero-order valence-electron chi connectivity index (χ0n) is 9.66. The van der Waals surface area contributed by atoms with Crippen LogP contribution in [0.25, 0.3) is 11.0 Å². The van der Waals surface area contributed by atoms with Gasteiger partial charge in [0.1, 0.15) is 5.52 Å². The van der Waals surface area contributed by atoms with Crippen LogP contribution in [0.4, 0.5) is 0 Å². The number of fused-ring (bicyclic) bond motifs is 1. The van der Waals surface area contributed by atoms with Gasteiger partial charge in [-0.15, -0.1) is 11.3 Å². The van der Waals surface area contributed by atoms with Gasteiger partial charge in [0.2, 0.25) is 0 Å². The van der Waals surface area contributed by atoms with Gasteiger partial charge in [-0.25, -0.2) is 4.98 Å². The van der Waals surface area contributed by atoms with E-state index >= 15 is 0 Å². The fraction of sp³-hybridized carbons (Fsp3) is 0.583. The largest absolute Gasteiger partial charge is 0.332 e. The van der Waals surface area contributed by atoms with Crippen LogP contribution < -0.4 is 0 Å². The maximum atomic E-state index is 4.52. The molecule has 2 rings (SSSR count). The highest BCUT2D eigenvalue weighted by Crippen LogP contribution is 2.22. The summed E-state index contributed by atoms with van der Waals surface area (Å²) in [7, 11) is 0. The molecule has 0 amide bonds. The Hall–Kier alpha value is -0.480. The van der Waals surface area contributed by atoms with Gasteiger partial charge in [0, 0.05) is 16.5 Å². The van der Waals surface area contributed by atoms with Gasteiger partial charge in [-0.05, 0) is 6.42 Å². The second kappa shape index (κ2) is 6.30. The van der Waals surface area contributed by atoms with E-state index in [1.165, 1.54) is 43.4 Å². The Balaban J connectivity index is 1.68. The molecular weight excluding hydrogens is 236 g/mol. The molecule has 0 bridgehead atoms. The number of hydrogen-bond donors (Lipinski definition) is 1. The number of rotatable bonds is 7. The lowest BCUT2D eigenvalue weighted by molar-refractivity contribution is 0.659. The summed E-state index contributed by atoms with van der Waals surface area (Å²) in [5.41, 5.74) is 2.29. The van der Waals surface area contributed by atoms with Crippen molar-refractivity contribution in [3.63, 3.8) is 0 Å². The third-order valence-corrected chi connectivity index (χ3v) is 4.28. The van der Waals surface area contributed by atoms with E-state index in [0.29, 0.717) is 0 Å². The van der Waals surface area contributed by atoms with Gasteiger partial charge >= 0.3 is 0 Å². The molecule has 2 nitrogen and oxygen atoms in total. The van der Waals surface area contributed by atoms with Crippen molar-refractivity contribution in [2.45, 2.75) is 44.2 Å². The molecule has 1 N–H and O–H groups in total. The summed E-state index contributed by atoms with van der Waals surface area (Å²) >= 11 is 3.55. The molecule has 0 unspecified atom stereocenters. The summed E-state index contributed by atoms with van der Waals surface area (Å²) in [6.07, 6.45) is 6.74. The van der Waals surface area contributed by atoms with Gasteiger partial charge in [0.25, 0.3) is 0 Å². The van der Waals surface area contributed by atoms with E-state index in [0.717, 1.165) is 10.7 Å². The van der Waals surface area contributed by atoms with Gasteiger partial charge in [0.05, 0.1) is 5.52 Å². The Morgan fingerprint density at radius 2 is 2.12 bits per heavy atom.